The predicted octanol–water partition coefficient (Wildman–Crippen LogP) is 9.36. The van der Waals surface area contributed by atoms with E-state index in [9.17, 15) is 0 Å². The van der Waals surface area contributed by atoms with Gasteiger partial charge in [0.1, 0.15) is 11.2 Å². The van der Waals surface area contributed by atoms with Crippen molar-refractivity contribution in [2.45, 2.75) is 0 Å². The van der Waals surface area contributed by atoms with Gasteiger partial charge in [0.05, 0.1) is 5.69 Å². The molecule has 2 nitrogen and oxygen atoms in total. The van der Waals surface area contributed by atoms with Gasteiger partial charge in [-0.25, -0.2) is 0 Å². The van der Waals surface area contributed by atoms with Crippen LogP contribution in [0.1, 0.15) is 0 Å². The minimum atomic E-state index is 0.928. The summed E-state index contributed by atoms with van der Waals surface area (Å²) >= 11 is 0. The van der Waals surface area contributed by atoms with Gasteiger partial charge in [0.15, 0.2) is 0 Å². The van der Waals surface area contributed by atoms with E-state index in [4.69, 9.17) is 4.42 Å². The minimum absolute atomic E-state index is 0.928. The normalized spacial score (nSPS) is 11.5. The lowest BCUT2D eigenvalue weighted by atomic mass is 9.98. The van der Waals surface area contributed by atoms with Gasteiger partial charge in [-0.3, -0.25) is 0 Å². The van der Waals surface area contributed by atoms with E-state index in [0.29, 0.717) is 0 Å². The van der Waals surface area contributed by atoms with E-state index in [2.05, 4.69) is 120 Å². The Morgan fingerprint density at radius 3 is 1.85 bits per heavy atom. The molecule has 0 bridgehead atoms. The number of fused-ring (bicyclic) bond motifs is 6. The summed E-state index contributed by atoms with van der Waals surface area (Å²) in [5.41, 5.74) is 5.29. The van der Waals surface area contributed by atoms with Crippen LogP contribution in [0.2, 0.25) is 0 Å². The van der Waals surface area contributed by atoms with Gasteiger partial charge in [-0.05, 0) is 64.7 Å². The van der Waals surface area contributed by atoms with Crippen molar-refractivity contribution in [2.75, 3.05) is 4.90 Å². The molecule has 0 spiro atoms. The number of furan rings is 1. The third-order valence-electron chi connectivity index (χ3n) is 6.62. The van der Waals surface area contributed by atoms with E-state index >= 15 is 0 Å². The van der Waals surface area contributed by atoms with E-state index in [1.54, 1.807) is 0 Å². The maximum absolute atomic E-state index is 6.14. The molecule has 1 heterocycles. The molecule has 0 saturated heterocycles. The molecule has 6 aromatic carbocycles. The van der Waals surface area contributed by atoms with Gasteiger partial charge in [-0.2, -0.15) is 0 Å². The molecule has 0 aliphatic carbocycles. The lowest BCUT2D eigenvalue weighted by Gasteiger charge is -2.27. The zero-order valence-corrected chi connectivity index (χ0v) is 18.5. The van der Waals surface area contributed by atoms with Crippen LogP contribution in [0.15, 0.2) is 132 Å². The molecule has 0 radical (unpaired) electrons. The average molecular weight is 436 g/mol. The van der Waals surface area contributed by atoms with Crippen molar-refractivity contribution in [2.24, 2.45) is 0 Å². The maximum atomic E-state index is 6.14. The number of para-hydroxylation sites is 3. The molecule has 0 unspecified atom stereocenters. The van der Waals surface area contributed by atoms with Crippen LogP contribution < -0.4 is 4.90 Å². The molecule has 0 N–H and O–H groups in total. The molecule has 0 saturated carbocycles. The van der Waals surface area contributed by atoms with Gasteiger partial charge in [0, 0.05) is 27.5 Å². The van der Waals surface area contributed by atoms with E-state index in [-0.39, 0.29) is 0 Å². The Labute approximate surface area is 197 Å². The zero-order chi connectivity index (χ0) is 22.5. The topological polar surface area (TPSA) is 16.4 Å². The molecular formula is C32H21NO. The van der Waals surface area contributed by atoms with Crippen LogP contribution in [0.25, 0.3) is 43.5 Å². The Morgan fingerprint density at radius 2 is 1.09 bits per heavy atom. The third-order valence-corrected chi connectivity index (χ3v) is 6.62. The van der Waals surface area contributed by atoms with E-state index in [0.717, 1.165) is 39.0 Å². The fourth-order valence-corrected chi connectivity index (χ4v) is 5.07. The first-order valence-corrected chi connectivity index (χ1v) is 11.5. The van der Waals surface area contributed by atoms with Gasteiger partial charge >= 0.3 is 0 Å². The summed E-state index contributed by atoms with van der Waals surface area (Å²) in [6.07, 6.45) is 0. The molecule has 160 valence electrons. The second kappa shape index (κ2) is 7.50. The summed E-state index contributed by atoms with van der Waals surface area (Å²) in [7, 11) is 0. The Kier molecular flexibility index (Phi) is 4.18. The highest BCUT2D eigenvalue weighted by molar-refractivity contribution is 6.18. The second-order valence-electron chi connectivity index (χ2n) is 8.61. The number of nitrogens with zero attached hydrogens (tertiary/aromatic N) is 1. The van der Waals surface area contributed by atoms with Gasteiger partial charge in [-0.1, -0.05) is 78.9 Å². The smallest absolute Gasteiger partial charge is 0.136 e. The summed E-state index contributed by atoms with van der Waals surface area (Å²) < 4.78 is 6.14. The molecule has 0 amide bonds. The third kappa shape index (κ3) is 2.89. The Morgan fingerprint density at radius 1 is 0.412 bits per heavy atom. The first kappa shape index (κ1) is 19.0. The van der Waals surface area contributed by atoms with Crippen LogP contribution in [0, 0.1) is 0 Å². The highest BCUT2D eigenvalue weighted by atomic mass is 16.3. The summed E-state index contributed by atoms with van der Waals surface area (Å²) in [6, 6.07) is 44.9. The van der Waals surface area contributed by atoms with Crippen molar-refractivity contribution in [1.29, 1.82) is 0 Å². The van der Waals surface area contributed by atoms with Crippen molar-refractivity contribution in [3.63, 3.8) is 0 Å². The van der Waals surface area contributed by atoms with Crippen LogP contribution >= 0.6 is 0 Å². The Bertz CT molecular complexity index is 1760. The quantitative estimate of drug-likeness (QED) is 0.257. The average Bonchev–Trinajstić information content (AvgIpc) is 3.26. The largest absolute Gasteiger partial charge is 0.456 e. The molecule has 0 aliphatic rings. The van der Waals surface area contributed by atoms with Crippen LogP contribution in [0.5, 0.6) is 0 Å². The number of benzene rings is 6. The Balaban J connectivity index is 1.53. The minimum Gasteiger partial charge on any atom is -0.456 e. The molecule has 0 fully saturated rings. The molecule has 7 rings (SSSR count). The standard InChI is InChI=1S/C32H21NO/c1-3-10-23(11-4-1)33(24-12-5-2-6-13-24)30-16-9-15-25-26(30)19-18-22-20-32-29(21-28(22)25)27-14-7-8-17-31(27)34-32/h1-21H. The number of rotatable bonds is 3. The van der Waals surface area contributed by atoms with Crippen molar-refractivity contribution in [3.05, 3.63) is 127 Å². The lowest BCUT2D eigenvalue weighted by Crippen LogP contribution is -2.10. The fourth-order valence-electron chi connectivity index (χ4n) is 5.07. The SMILES string of the molecule is c1ccc(N(c2ccccc2)c2cccc3c2ccc2cc4oc5ccccc5c4cc23)cc1. The van der Waals surface area contributed by atoms with Crippen molar-refractivity contribution >= 4 is 60.5 Å². The summed E-state index contributed by atoms with van der Waals surface area (Å²) in [6.45, 7) is 0. The van der Waals surface area contributed by atoms with E-state index < -0.39 is 0 Å². The van der Waals surface area contributed by atoms with Gasteiger partial charge in [0.2, 0.25) is 0 Å². The lowest BCUT2D eigenvalue weighted by molar-refractivity contribution is 0.669. The van der Waals surface area contributed by atoms with Crippen molar-refractivity contribution < 1.29 is 4.42 Å². The molecule has 2 heteroatoms. The monoisotopic (exact) mass is 435 g/mol. The van der Waals surface area contributed by atoms with Gasteiger partial charge < -0.3 is 9.32 Å². The van der Waals surface area contributed by atoms with E-state index in [1.807, 2.05) is 12.1 Å². The van der Waals surface area contributed by atoms with Gasteiger partial charge in [0.25, 0.3) is 0 Å². The van der Waals surface area contributed by atoms with Gasteiger partial charge in [-0.15, -0.1) is 0 Å². The summed E-state index contributed by atoms with van der Waals surface area (Å²) in [4.78, 5) is 2.33. The summed E-state index contributed by atoms with van der Waals surface area (Å²) in [5, 5.41) is 7.18. The fraction of sp³-hybridized carbons (Fsp3) is 0. The molecule has 7 aromatic rings. The van der Waals surface area contributed by atoms with Crippen LogP contribution in [0.3, 0.4) is 0 Å². The van der Waals surface area contributed by atoms with E-state index in [1.165, 1.54) is 21.5 Å². The second-order valence-corrected chi connectivity index (χ2v) is 8.61. The van der Waals surface area contributed by atoms with Crippen LogP contribution in [0.4, 0.5) is 17.1 Å². The number of hydrogen-bond acceptors (Lipinski definition) is 2. The van der Waals surface area contributed by atoms with Crippen molar-refractivity contribution in [1.82, 2.24) is 0 Å². The first-order chi connectivity index (χ1) is 16.9. The highest BCUT2D eigenvalue weighted by Gasteiger charge is 2.16. The molecule has 34 heavy (non-hydrogen) atoms. The zero-order valence-electron chi connectivity index (χ0n) is 18.5. The first-order valence-electron chi connectivity index (χ1n) is 11.5. The molecule has 0 aliphatic heterocycles. The predicted molar refractivity (Wildman–Crippen MR) is 143 cm³/mol. The van der Waals surface area contributed by atoms with Crippen LogP contribution in [-0.4, -0.2) is 0 Å². The maximum Gasteiger partial charge on any atom is 0.136 e. The molecular weight excluding hydrogens is 414 g/mol. The molecule has 0 atom stereocenters. The Hall–Kier alpha value is -4.56. The van der Waals surface area contributed by atoms with Crippen LogP contribution in [-0.2, 0) is 0 Å². The number of anilines is 3. The van der Waals surface area contributed by atoms with Crippen molar-refractivity contribution in [3.8, 4) is 0 Å². The highest BCUT2D eigenvalue weighted by Crippen LogP contribution is 2.41. The molecule has 1 aromatic heterocycles. The number of hydrogen-bond donors (Lipinski definition) is 0. The summed E-state index contributed by atoms with van der Waals surface area (Å²) in [5.74, 6) is 0.